The van der Waals surface area contributed by atoms with Gasteiger partial charge in [-0.05, 0) is 24.3 Å². The predicted molar refractivity (Wildman–Crippen MR) is 68.1 cm³/mol. The predicted octanol–water partition coefficient (Wildman–Crippen LogP) is 0.308. The largest absolute Gasteiger partial charge is 0.355 e. The van der Waals surface area contributed by atoms with Gasteiger partial charge in [-0.15, -0.1) is 5.10 Å². The van der Waals surface area contributed by atoms with Crippen molar-refractivity contribution in [2.45, 2.75) is 0 Å². The van der Waals surface area contributed by atoms with E-state index >= 15 is 0 Å². The molecule has 0 aliphatic heterocycles. The van der Waals surface area contributed by atoms with Gasteiger partial charge in [0.2, 0.25) is 5.95 Å². The summed E-state index contributed by atoms with van der Waals surface area (Å²) in [5, 5.41) is 9.23. The van der Waals surface area contributed by atoms with Crippen LogP contribution < -0.4 is 16.4 Å². The number of hydrogen-bond acceptors (Lipinski definition) is 5. The fourth-order valence-electron chi connectivity index (χ4n) is 1.40. The van der Waals surface area contributed by atoms with Crippen molar-refractivity contribution >= 4 is 23.6 Å². The molecule has 0 fully saturated rings. The van der Waals surface area contributed by atoms with E-state index in [0.29, 0.717) is 11.3 Å². The van der Waals surface area contributed by atoms with Crippen molar-refractivity contribution in [3.8, 4) is 0 Å². The fourth-order valence-corrected chi connectivity index (χ4v) is 1.40. The summed E-state index contributed by atoms with van der Waals surface area (Å²) in [6.07, 6.45) is 1.21. The number of hydrogen-bond donors (Lipinski definition) is 3. The van der Waals surface area contributed by atoms with Gasteiger partial charge in [0.25, 0.3) is 5.91 Å². The molecule has 1 heterocycles. The van der Waals surface area contributed by atoms with Crippen LogP contribution in [-0.2, 0) is 0 Å². The smallest absolute Gasteiger partial charge is 0.341 e. The summed E-state index contributed by atoms with van der Waals surface area (Å²) in [5.74, 6) is 0.0779. The van der Waals surface area contributed by atoms with Crippen LogP contribution in [0.3, 0.4) is 0 Å². The number of rotatable bonds is 3. The van der Waals surface area contributed by atoms with Gasteiger partial charge < -0.3 is 16.4 Å². The van der Waals surface area contributed by atoms with E-state index in [-0.39, 0.29) is 11.9 Å². The van der Waals surface area contributed by atoms with Crippen LogP contribution >= 0.6 is 0 Å². The Morgan fingerprint density at radius 1 is 1.26 bits per heavy atom. The molecule has 0 atom stereocenters. The highest BCUT2D eigenvalue weighted by Gasteiger charge is 2.06. The quantitative estimate of drug-likeness (QED) is 0.734. The number of aromatic nitrogens is 3. The summed E-state index contributed by atoms with van der Waals surface area (Å²) in [4.78, 5) is 26.0. The lowest BCUT2D eigenvalue weighted by atomic mass is 10.2. The second-order valence-electron chi connectivity index (χ2n) is 3.63. The van der Waals surface area contributed by atoms with Crippen LogP contribution in [0.25, 0.3) is 0 Å². The fraction of sp³-hybridized carbons (Fsp3) is 0.0909. The second-order valence-corrected chi connectivity index (χ2v) is 3.63. The SMILES string of the molecule is CNC(=O)c1ccc(Nc2ncn(C(N)=O)n2)cc1. The number of benzene rings is 1. The van der Waals surface area contributed by atoms with Gasteiger partial charge in [-0.3, -0.25) is 4.79 Å². The Bertz CT molecular complexity index is 604. The molecule has 0 saturated carbocycles. The molecule has 0 radical (unpaired) electrons. The molecule has 0 saturated heterocycles. The summed E-state index contributed by atoms with van der Waals surface area (Å²) in [7, 11) is 1.56. The molecule has 0 aliphatic carbocycles. The molecular weight excluding hydrogens is 248 g/mol. The minimum Gasteiger partial charge on any atom is -0.355 e. The van der Waals surface area contributed by atoms with E-state index in [1.165, 1.54) is 6.33 Å². The van der Waals surface area contributed by atoms with Gasteiger partial charge in [0, 0.05) is 18.3 Å². The number of primary amides is 1. The van der Waals surface area contributed by atoms with Crippen molar-refractivity contribution in [1.29, 1.82) is 0 Å². The Balaban J connectivity index is 2.10. The Labute approximate surface area is 108 Å². The second kappa shape index (κ2) is 5.17. The third-order valence-corrected chi connectivity index (χ3v) is 2.35. The van der Waals surface area contributed by atoms with Crippen molar-refractivity contribution in [2.24, 2.45) is 5.73 Å². The zero-order valence-electron chi connectivity index (χ0n) is 10.1. The number of amides is 2. The summed E-state index contributed by atoms with van der Waals surface area (Å²) in [6, 6.07) is 6.01. The molecule has 4 N–H and O–H groups in total. The molecule has 1 aromatic carbocycles. The number of anilines is 2. The van der Waals surface area contributed by atoms with Crippen molar-refractivity contribution in [1.82, 2.24) is 20.1 Å². The van der Waals surface area contributed by atoms with Crippen LogP contribution in [-0.4, -0.2) is 33.8 Å². The Kier molecular flexibility index (Phi) is 3.42. The van der Waals surface area contributed by atoms with Gasteiger partial charge in [-0.2, -0.15) is 9.67 Å². The maximum Gasteiger partial charge on any atom is 0.341 e. The molecule has 0 aliphatic rings. The first-order valence-electron chi connectivity index (χ1n) is 5.41. The van der Waals surface area contributed by atoms with Crippen LogP contribution in [0.1, 0.15) is 10.4 Å². The summed E-state index contributed by atoms with van der Waals surface area (Å²) < 4.78 is 0.918. The average molecular weight is 260 g/mol. The zero-order chi connectivity index (χ0) is 13.8. The summed E-state index contributed by atoms with van der Waals surface area (Å²) in [6.45, 7) is 0. The molecule has 1 aromatic heterocycles. The maximum absolute atomic E-state index is 11.4. The van der Waals surface area contributed by atoms with E-state index < -0.39 is 6.03 Å². The molecule has 98 valence electrons. The van der Waals surface area contributed by atoms with Crippen LogP contribution in [0.5, 0.6) is 0 Å². The molecule has 0 bridgehead atoms. The summed E-state index contributed by atoms with van der Waals surface area (Å²) >= 11 is 0. The lowest BCUT2D eigenvalue weighted by Crippen LogP contribution is -2.19. The molecule has 8 heteroatoms. The number of nitrogens with zero attached hydrogens (tertiary/aromatic N) is 3. The van der Waals surface area contributed by atoms with Crippen LogP contribution in [0.15, 0.2) is 30.6 Å². The molecular formula is C11H12N6O2. The molecule has 8 nitrogen and oxygen atoms in total. The van der Waals surface area contributed by atoms with Crippen molar-refractivity contribution in [3.05, 3.63) is 36.2 Å². The van der Waals surface area contributed by atoms with E-state index in [4.69, 9.17) is 5.73 Å². The standard InChI is InChI=1S/C11H12N6O2/c1-13-9(18)7-2-4-8(5-3-7)15-11-14-6-17(16-11)10(12)19/h2-6H,1H3,(H2,12,19)(H,13,18)(H,15,16). The van der Waals surface area contributed by atoms with E-state index in [9.17, 15) is 9.59 Å². The lowest BCUT2D eigenvalue weighted by molar-refractivity contribution is 0.0963. The first-order chi connectivity index (χ1) is 9.10. The normalized spacial score (nSPS) is 9.95. The lowest BCUT2D eigenvalue weighted by Gasteiger charge is -2.03. The molecule has 2 rings (SSSR count). The number of carbonyl (C=O) groups is 2. The third kappa shape index (κ3) is 2.86. The third-order valence-electron chi connectivity index (χ3n) is 2.35. The maximum atomic E-state index is 11.4. The minimum absolute atomic E-state index is 0.164. The van der Waals surface area contributed by atoms with Crippen molar-refractivity contribution < 1.29 is 9.59 Å². The number of nitrogens with one attached hydrogen (secondary N) is 2. The molecule has 2 aromatic rings. The van der Waals surface area contributed by atoms with Crippen molar-refractivity contribution in [2.75, 3.05) is 12.4 Å². The van der Waals surface area contributed by atoms with Gasteiger partial charge in [0.1, 0.15) is 6.33 Å². The molecule has 2 amide bonds. The zero-order valence-corrected chi connectivity index (χ0v) is 10.1. The number of nitrogens with two attached hydrogens (primary N) is 1. The van der Waals surface area contributed by atoms with Gasteiger partial charge in [-0.25, -0.2) is 4.79 Å². The Hall–Kier alpha value is -2.90. The molecule has 0 spiro atoms. The molecule has 19 heavy (non-hydrogen) atoms. The van der Waals surface area contributed by atoms with Gasteiger partial charge >= 0.3 is 6.03 Å². The van der Waals surface area contributed by atoms with E-state index in [1.807, 2.05) is 0 Å². The summed E-state index contributed by atoms with van der Waals surface area (Å²) in [5.41, 5.74) is 6.27. The average Bonchev–Trinajstić information content (AvgIpc) is 2.87. The highest BCUT2D eigenvalue weighted by molar-refractivity contribution is 5.94. The topological polar surface area (TPSA) is 115 Å². The molecule has 0 unspecified atom stereocenters. The van der Waals surface area contributed by atoms with Gasteiger partial charge in [-0.1, -0.05) is 0 Å². The number of carbonyl (C=O) groups excluding carboxylic acids is 2. The first-order valence-corrected chi connectivity index (χ1v) is 5.41. The van der Waals surface area contributed by atoms with Crippen LogP contribution in [0, 0.1) is 0 Å². The van der Waals surface area contributed by atoms with E-state index in [1.54, 1.807) is 31.3 Å². The van der Waals surface area contributed by atoms with E-state index in [0.717, 1.165) is 4.68 Å². The highest BCUT2D eigenvalue weighted by Crippen LogP contribution is 2.13. The van der Waals surface area contributed by atoms with Crippen LogP contribution in [0.2, 0.25) is 0 Å². The first kappa shape index (κ1) is 12.6. The monoisotopic (exact) mass is 260 g/mol. The van der Waals surface area contributed by atoms with Gasteiger partial charge in [0.15, 0.2) is 0 Å². The van der Waals surface area contributed by atoms with E-state index in [2.05, 4.69) is 20.7 Å². The Morgan fingerprint density at radius 3 is 2.47 bits per heavy atom. The Morgan fingerprint density at radius 2 is 1.95 bits per heavy atom. The van der Waals surface area contributed by atoms with Crippen molar-refractivity contribution in [3.63, 3.8) is 0 Å². The van der Waals surface area contributed by atoms with Crippen LogP contribution in [0.4, 0.5) is 16.4 Å². The minimum atomic E-state index is -0.712. The highest BCUT2D eigenvalue weighted by atomic mass is 16.2. The van der Waals surface area contributed by atoms with Gasteiger partial charge in [0.05, 0.1) is 0 Å².